The number of rotatable bonds is 3. The molecule has 0 atom stereocenters. The molecule has 1 aromatic carbocycles. The topological polar surface area (TPSA) is 90.2 Å². The fourth-order valence-corrected chi connectivity index (χ4v) is 1.65. The van der Waals surface area contributed by atoms with E-state index in [-0.39, 0.29) is 11.4 Å². The Labute approximate surface area is 103 Å². The number of H-pyrrole nitrogens is 1. The first-order chi connectivity index (χ1) is 8.65. The van der Waals surface area contributed by atoms with Crippen molar-refractivity contribution in [2.75, 3.05) is 20.0 Å². The van der Waals surface area contributed by atoms with Gasteiger partial charge in [0, 0.05) is 5.56 Å². The summed E-state index contributed by atoms with van der Waals surface area (Å²) >= 11 is 0. The molecule has 0 spiro atoms. The van der Waals surface area contributed by atoms with Gasteiger partial charge in [0.25, 0.3) is 5.56 Å². The Morgan fingerprint density at radius 3 is 2.61 bits per heavy atom. The molecule has 94 valence electrons. The van der Waals surface area contributed by atoms with E-state index in [1.807, 2.05) is 0 Å². The minimum absolute atomic E-state index is 0.231. The van der Waals surface area contributed by atoms with E-state index in [1.54, 1.807) is 25.3 Å². The van der Waals surface area contributed by atoms with Crippen LogP contribution < -0.4 is 20.8 Å². The van der Waals surface area contributed by atoms with Gasteiger partial charge >= 0.3 is 0 Å². The first-order valence-electron chi connectivity index (χ1n) is 5.23. The fourth-order valence-electron chi connectivity index (χ4n) is 1.65. The van der Waals surface area contributed by atoms with Crippen LogP contribution >= 0.6 is 0 Å². The highest BCUT2D eigenvalue weighted by molar-refractivity contribution is 5.72. The van der Waals surface area contributed by atoms with Gasteiger partial charge in [-0.2, -0.15) is 5.10 Å². The van der Waals surface area contributed by atoms with Crippen molar-refractivity contribution in [2.45, 2.75) is 0 Å². The lowest BCUT2D eigenvalue weighted by Gasteiger charge is -2.10. The fraction of sp³-hybridized carbons (Fsp3) is 0.167. The lowest BCUT2D eigenvalue weighted by molar-refractivity contribution is 0.404. The first kappa shape index (κ1) is 12.0. The molecule has 3 N–H and O–H groups in total. The summed E-state index contributed by atoms with van der Waals surface area (Å²) < 4.78 is 10.4. The molecule has 2 rings (SSSR count). The summed E-state index contributed by atoms with van der Waals surface area (Å²) in [6.45, 7) is 0. The lowest BCUT2D eigenvalue weighted by Crippen LogP contribution is -2.12. The molecule has 0 aliphatic carbocycles. The molecule has 0 saturated carbocycles. The second-order valence-electron chi connectivity index (χ2n) is 3.60. The molecule has 0 aliphatic heterocycles. The van der Waals surface area contributed by atoms with Gasteiger partial charge in [0.05, 0.1) is 19.8 Å². The molecule has 0 unspecified atom stereocenters. The second kappa shape index (κ2) is 4.79. The highest BCUT2D eigenvalue weighted by Crippen LogP contribution is 2.31. The molecule has 0 amide bonds. The Kier molecular flexibility index (Phi) is 3.18. The summed E-state index contributed by atoms with van der Waals surface area (Å²) in [5, 5.41) is 5.96. The number of aromatic amines is 1. The van der Waals surface area contributed by atoms with Gasteiger partial charge in [0.1, 0.15) is 17.3 Å². The molecule has 0 bridgehead atoms. The van der Waals surface area contributed by atoms with Crippen LogP contribution in [0.1, 0.15) is 0 Å². The molecule has 0 radical (unpaired) electrons. The van der Waals surface area contributed by atoms with Crippen LogP contribution in [0.5, 0.6) is 11.5 Å². The number of nitrogen functional groups attached to an aromatic ring is 1. The Balaban J connectivity index is 2.68. The van der Waals surface area contributed by atoms with Crippen molar-refractivity contribution in [3.05, 3.63) is 34.6 Å². The Morgan fingerprint density at radius 2 is 1.94 bits per heavy atom. The number of nitrogens with two attached hydrogens (primary N) is 1. The van der Waals surface area contributed by atoms with E-state index in [1.165, 1.54) is 13.2 Å². The first-order valence-corrected chi connectivity index (χ1v) is 5.23. The van der Waals surface area contributed by atoms with Crippen molar-refractivity contribution in [3.63, 3.8) is 0 Å². The van der Waals surface area contributed by atoms with Gasteiger partial charge in [0.15, 0.2) is 0 Å². The van der Waals surface area contributed by atoms with Crippen LogP contribution in [0.25, 0.3) is 11.1 Å². The number of nitrogens with zero attached hydrogens (tertiary/aromatic N) is 1. The molecule has 6 nitrogen and oxygen atoms in total. The van der Waals surface area contributed by atoms with E-state index in [2.05, 4.69) is 10.2 Å². The van der Waals surface area contributed by atoms with Crippen LogP contribution in [-0.2, 0) is 0 Å². The van der Waals surface area contributed by atoms with E-state index in [9.17, 15) is 4.79 Å². The summed E-state index contributed by atoms with van der Waals surface area (Å²) in [5.74, 6) is 1.42. The summed E-state index contributed by atoms with van der Waals surface area (Å²) in [5.41, 5.74) is 6.23. The standard InChI is InChI=1S/C12H13N3O3/c1-17-7-3-4-10(18-2)8(5-7)9-6-11(13)14-15-12(9)16/h3-6H,1-2H3,(H2,13,14)(H,15,16). The monoisotopic (exact) mass is 247 g/mol. The number of anilines is 1. The smallest absolute Gasteiger partial charge is 0.272 e. The Hall–Kier alpha value is -2.50. The Morgan fingerprint density at radius 1 is 1.17 bits per heavy atom. The maximum absolute atomic E-state index is 11.8. The molecule has 2 aromatic rings. The van der Waals surface area contributed by atoms with E-state index in [0.717, 1.165) is 0 Å². The number of nitrogens with one attached hydrogen (secondary N) is 1. The minimum atomic E-state index is -0.337. The molecule has 0 saturated heterocycles. The zero-order valence-corrected chi connectivity index (χ0v) is 10.1. The van der Waals surface area contributed by atoms with Crippen LogP contribution in [0.3, 0.4) is 0 Å². The molecule has 0 aliphatic rings. The predicted molar refractivity (Wildman–Crippen MR) is 67.8 cm³/mol. The van der Waals surface area contributed by atoms with Crippen LogP contribution in [0, 0.1) is 0 Å². The average Bonchev–Trinajstić information content (AvgIpc) is 2.40. The van der Waals surface area contributed by atoms with Gasteiger partial charge in [-0.05, 0) is 24.3 Å². The minimum Gasteiger partial charge on any atom is -0.497 e. The maximum Gasteiger partial charge on any atom is 0.272 e. The summed E-state index contributed by atoms with van der Waals surface area (Å²) in [4.78, 5) is 11.8. The predicted octanol–water partition coefficient (Wildman–Crippen LogP) is 1.04. The Bertz CT molecular complexity index is 622. The lowest BCUT2D eigenvalue weighted by atomic mass is 10.1. The third-order valence-corrected chi connectivity index (χ3v) is 2.52. The highest BCUT2D eigenvalue weighted by Gasteiger charge is 2.12. The van der Waals surface area contributed by atoms with Crippen molar-refractivity contribution in [1.29, 1.82) is 0 Å². The summed E-state index contributed by atoms with van der Waals surface area (Å²) in [7, 11) is 3.08. The zero-order valence-electron chi connectivity index (χ0n) is 10.1. The molecular formula is C12H13N3O3. The van der Waals surface area contributed by atoms with Crippen LogP contribution in [-0.4, -0.2) is 24.4 Å². The van der Waals surface area contributed by atoms with E-state index >= 15 is 0 Å². The van der Waals surface area contributed by atoms with Gasteiger partial charge in [-0.1, -0.05) is 0 Å². The normalized spacial score (nSPS) is 10.1. The zero-order chi connectivity index (χ0) is 13.1. The molecular weight excluding hydrogens is 234 g/mol. The van der Waals surface area contributed by atoms with Crippen molar-refractivity contribution in [2.24, 2.45) is 0 Å². The van der Waals surface area contributed by atoms with Crippen LogP contribution in [0.15, 0.2) is 29.1 Å². The number of ether oxygens (including phenoxy) is 2. The van der Waals surface area contributed by atoms with Gasteiger partial charge < -0.3 is 15.2 Å². The number of hydrogen-bond acceptors (Lipinski definition) is 5. The number of aromatic nitrogens is 2. The van der Waals surface area contributed by atoms with Crippen LogP contribution in [0.4, 0.5) is 5.82 Å². The van der Waals surface area contributed by atoms with Crippen molar-refractivity contribution >= 4 is 5.82 Å². The highest BCUT2D eigenvalue weighted by atomic mass is 16.5. The molecule has 1 aromatic heterocycles. The number of benzene rings is 1. The van der Waals surface area contributed by atoms with Gasteiger partial charge in [-0.25, -0.2) is 5.10 Å². The van der Waals surface area contributed by atoms with E-state index < -0.39 is 0 Å². The van der Waals surface area contributed by atoms with Crippen LogP contribution in [0.2, 0.25) is 0 Å². The SMILES string of the molecule is COc1ccc(OC)c(-c2cc(N)n[nH]c2=O)c1. The molecule has 1 heterocycles. The van der Waals surface area contributed by atoms with E-state index in [4.69, 9.17) is 15.2 Å². The third-order valence-electron chi connectivity index (χ3n) is 2.52. The largest absolute Gasteiger partial charge is 0.497 e. The quantitative estimate of drug-likeness (QED) is 0.845. The van der Waals surface area contributed by atoms with Crippen molar-refractivity contribution in [1.82, 2.24) is 10.2 Å². The van der Waals surface area contributed by atoms with Crippen molar-refractivity contribution < 1.29 is 9.47 Å². The van der Waals surface area contributed by atoms with Gasteiger partial charge in [-0.15, -0.1) is 0 Å². The maximum atomic E-state index is 11.8. The van der Waals surface area contributed by atoms with Gasteiger partial charge in [0.2, 0.25) is 0 Å². The average molecular weight is 247 g/mol. The molecule has 6 heteroatoms. The van der Waals surface area contributed by atoms with Crippen molar-refractivity contribution in [3.8, 4) is 22.6 Å². The second-order valence-corrected chi connectivity index (χ2v) is 3.60. The molecule has 18 heavy (non-hydrogen) atoms. The third kappa shape index (κ3) is 2.13. The summed E-state index contributed by atoms with van der Waals surface area (Å²) in [6, 6.07) is 6.68. The van der Waals surface area contributed by atoms with Gasteiger partial charge in [-0.3, -0.25) is 4.79 Å². The number of methoxy groups -OCH3 is 2. The molecule has 0 fully saturated rings. The summed E-state index contributed by atoms with van der Waals surface area (Å²) in [6.07, 6.45) is 0. The number of hydrogen-bond donors (Lipinski definition) is 2. The van der Waals surface area contributed by atoms with E-state index in [0.29, 0.717) is 22.6 Å².